The molecular weight excluding hydrogens is 462 g/mol. The topological polar surface area (TPSA) is 98.7 Å². The summed E-state index contributed by atoms with van der Waals surface area (Å²) < 4.78 is -0.568. The van der Waals surface area contributed by atoms with E-state index in [4.69, 9.17) is 5.11 Å². The van der Waals surface area contributed by atoms with Crippen molar-refractivity contribution in [1.29, 1.82) is 0 Å². The molecule has 7 nitrogen and oxygen atoms in total. The summed E-state index contributed by atoms with van der Waals surface area (Å²) in [6, 6.07) is 9.23. The molecule has 3 N–H and O–H groups in total. The minimum atomic E-state index is -0.574. The van der Waals surface area contributed by atoms with Gasteiger partial charge in [0.15, 0.2) is 0 Å². The Morgan fingerprint density at radius 2 is 1.86 bits per heavy atom. The van der Waals surface area contributed by atoms with Crippen LogP contribution in [-0.2, 0) is 20.9 Å². The van der Waals surface area contributed by atoms with E-state index in [0.29, 0.717) is 19.6 Å². The maximum absolute atomic E-state index is 13.9. The van der Waals surface area contributed by atoms with Gasteiger partial charge in [0.05, 0.1) is 16.6 Å². The average Bonchev–Trinajstić information content (AvgIpc) is 3.45. The fourth-order valence-electron chi connectivity index (χ4n) is 6.36. The Kier molecular flexibility index (Phi) is 8.42. The molecule has 6 atom stereocenters. The van der Waals surface area contributed by atoms with Crippen LogP contribution in [0.25, 0.3) is 0 Å². The Labute approximate surface area is 212 Å². The number of likely N-dealkylation sites (tertiary alicyclic amines) is 1. The number of aliphatic hydroxyl groups excluding tert-OH is 1. The second-order valence-electron chi connectivity index (χ2n) is 10.2. The lowest BCUT2D eigenvalue weighted by atomic mass is 9.66. The zero-order valence-electron chi connectivity index (χ0n) is 20.9. The lowest BCUT2D eigenvalue weighted by Crippen LogP contribution is -2.56. The summed E-state index contributed by atoms with van der Waals surface area (Å²) in [5.74, 6) is -0.847. The first-order chi connectivity index (χ1) is 17.0. The average molecular weight is 502 g/mol. The van der Waals surface area contributed by atoms with E-state index in [1.54, 1.807) is 16.7 Å². The van der Waals surface area contributed by atoms with E-state index < -0.39 is 16.7 Å². The maximum atomic E-state index is 13.9. The highest BCUT2D eigenvalue weighted by Gasteiger charge is 2.75. The van der Waals surface area contributed by atoms with Gasteiger partial charge in [0, 0.05) is 31.5 Å². The lowest BCUT2D eigenvalue weighted by Gasteiger charge is -2.38. The molecule has 3 saturated heterocycles. The van der Waals surface area contributed by atoms with Gasteiger partial charge in [-0.2, -0.15) is 0 Å². The van der Waals surface area contributed by atoms with E-state index in [1.807, 2.05) is 37.3 Å². The van der Waals surface area contributed by atoms with Gasteiger partial charge in [-0.1, -0.05) is 57.0 Å². The number of aliphatic hydroxyl groups is 1. The van der Waals surface area contributed by atoms with Crippen LogP contribution in [0, 0.1) is 17.8 Å². The molecule has 192 valence electrons. The number of nitrogens with zero attached hydrogens (tertiary/aromatic N) is 1. The molecule has 3 heterocycles. The molecule has 3 aliphatic rings. The number of carbonyl (C=O) groups is 3. The molecule has 0 aliphatic carbocycles. The van der Waals surface area contributed by atoms with E-state index in [9.17, 15) is 14.4 Å². The van der Waals surface area contributed by atoms with Crippen LogP contribution in [0.3, 0.4) is 0 Å². The number of unbranched alkanes of at least 4 members (excludes halogenated alkanes) is 3. The zero-order valence-corrected chi connectivity index (χ0v) is 21.7. The SMILES string of the molecule is CCCNC(=O)[C@@H]1[C@H]2C(=O)N(CCCCCCO)C(C(=O)NCc3ccccc3)C23S[C@@H]1CC3C. The molecule has 4 rings (SSSR count). The molecule has 0 aromatic heterocycles. The molecule has 0 radical (unpaired) electrons. The molecule has 3 unspecified atom stereocenters. The first kappa shape index (κ1) is 26.0. The third-order valence-corrected chi connectivity index (χ3v) is 10.0. The van der Waals surface area contributed by atoms with Crippen molar-refractivity contribution in [1.82, 2.24) is 15.5 Å². The summed E-state index contributed by atoms with van der Waals surface area (Å²) in [4.78, 5) is 42.7. The summed E-state index contributed by atoms with van der Waals surface area (Å²) in [7, 11) is 0. The van der Waals surface area contributed by atoms with Gasteiger partial charge in [0.2, 0.25) is 17.7 Å². The first-order valence-electron chi connectivity index (χ1n) is 13.1. The van der Waals surface area contributed by atoms with Gasteiger partial charge in [-0.3, -0.25) is 14.4 Å². The van der Waals surface area contributed by atoms with E-state index in [1.165, 1.54) is 0 Å². The molecule has 3 fully saturated rings. The monoisotopic (exact) mass is 501 g/mol. The number of thioether (sulfide) groups is 1. The molecule has 1 aromatic carbocycles. The highest BCUT2D eigenvalue weighted by Crippen LogP contribution is 2.68. The lowest BCUT2D eigenvalue weighted by molar-refractivity contribution is -0.140. The number of carbonyl (C=O) groups excluding carboxylic acids is 3. The van der Waals surface area contributed by atoms with Crippen LogP contribution in [0.1, 0.15) is 57.9 Å². The number of rotatable bonds is 12. The van der Waals surface area contributed by atoms with Crippen molar-refractivity contribution in [3.63, 3.8) is 0 Å². The van der Waals surface area contributed by atoms with Gasteiger partial charge in [0.1, 0.15) is 6.04 Å². The summed E-state index contributed by atoms with van der Waals surface area (Å²) in [5, 5.41) is 15.3. The molecule has 2 bridgehead atoms. The normalized spacial score (nSPS) is 31.0. The van der Waals surface area contributed by atoms with E-state index in [2.05, 4.69) is 17.6 Å². The highest BCUT2D eigenvalue weighted by atomic mass is 32.2. The molecular formula is C27H39N3O4S. The van der Waals surface area contributed by atoms with Gasteiger partial charge in [0.25, 0.3) is 0 Å². The predicted octanol–water partition coefficient (Wildman–Crippen LogP) is 2.72. The summed E-state index contributed by atoms with van der Waals surface area (Å²) in [6.07, 6.45) is 5.02. The predicted molar refractivity (Wildman–Crippen MR) is 138 cm³/mol. The Bertz CT molecular complexity index is 913. The Morgan fingerprint density at radius 1 is 1.11 bits per heavy atom. The minimum absolute atomic E-state index is 0.0368. The summed E-state index contributed by atoms with van der Waals surface area (Å²) in [5.41, 5.74) is 1.02. The molecule has 35 heavy (non-hydrogen) atoms. The maximum Gasteiger partial charge on any atom is 0.244 e. The van der Waals surface area contributed by atoms with Crippen LogP contribution < -0.4 is 10.6 Å². The van der Waals surface area contributed by atoms with E-state index in [0.717, 1.165) is 44.1 Å². The smallest absolute Gasteiger partial charge is 0.244 e. The van der Waals surface area contributed by atoms with Crippen LogP contribution in [0.2, 0.25) is 0 Å². The quantitative estimate of drug-likeness (QED) is 0.383. The third-order valence-electron chi connectivity index (χ3n) is 7.96. The number of hydrogen-bond acceptors (Lipinski definition) is 5. The van der Waals surface area contributed by atoms with Crippen LogP contribution in [-0.4, -0.2) is 63.5 Å². The fourth-order valence-corrected chi connectivity index (χ4v) is 8.78. The van der Waals surface area contributed by atoms with Gasteiger partial charge < -0.3 is 20.6 Å². The molecule has 0 saturated carbocycles. The first-order valence-corrected chi connectivity index (χ1v) is 14.0. The van der Waals surface area contributed by atoms with Crippen molar-refractivity contribution in [3.8, 4) is 0 Å². The number of nitrogens with one attached hydrogen (secondary N) is 2. The van der Waals surface area contributed by atoms with Crippen LogP contribution in [0.4, 0.5) is 0 Å². The second kappa shape index (κ2) is 11.3. The number of fused-ring (bicyclic) bond motifs is 1. The highest BCUT2D eigenvalue weighted by molar-refractivity contribution is 8.02. The van der Waals surface area contributed by atoms with Crippen LogP contribution in [0.15, 0.2) is 30.3 Å². The Balaban J connectivity index is 1.59. The van der Waals surface area contributed by atoms with Gasteiger partial charge in [-0.25, -0.2) is 0 Å². The zero-order chi connectivity index (χ0) is 25.0. The van der Waals surface area contributed by atoms with Crippen LogP contribution in [0.5, 0.6) is 0 Å². The summed E-state index contributed by atoms with van der Waals surface area (Å²) in [6.45, 7) is 5.86. The fraction of sp³-hybridized carbons (Fsp3) is 0.667. The largest absolute Gasteiger partial charge is 0.396 e. The van der Waals surface area contributed by atoms with E-state index >= 15 is 0 Å². The summed E-state index contributed by atoms with van der Waals surface area (Å²) >= 11 is 1.72. The molecule has 3 amide bonds. The van der Waals surface area contributed by atoms with Gasteiger partial charge >= 0.3 is 0 Å². The number of hydrogen-bond donors (Lipinski definition) is 3. The Morgan fingerprint density at radius 3 is 2.57 bits per heavy atom. The van der Waals surface area contributed by atoms with Crippen molar-refractivity contribution in [3.05, 3.63) is 35.9 Å². The van der Waals surface area contributed by atoms with E-state index in [-0.39, 0.29) is 41.4 Å². The van der Waals surface area contributed by atoms with Crippen molar-refractivity contribution in [2.45, 2.75) is 75.0 Å². The number of benzene rings is 1. The van der Waals surface area contributed by atoms with Crippen molar-refractivity contribution in [2.24, 2.45) is 17.8 Å². The second-order valence-corrected chi connectivity index (χ2v) is 11.8. The molecule has 1 aromatic rings. The molecule has 3 aliphatic heterocycles. The third kappa shape index (κ3) is 4.84. The van der Waals surface area contributed by atoms with Crippen molar-refractivity contribution in [2.75, 3.05) is 19.7 Å². The van der Waals surface area contributed by atoms with Gasteiger partial charge in [-0.05, 0) is 37.2 Å². The van der Waals surface area contributed by atoms with Crippen molar-refractivity contribution >= 4 is 29.5 Å². The van der Waals surface area contributed by atoms with Gasteiger partial charge in [-0.15, -0.1) is 11.8 Å². The van der Waals surface area contributed by atoms with Crippen molar-refractivity contribution < 1.29 is 19.5 Å². The van der Waals surface area contributed by atoms with Crippen LogP contribution >= 0.6 is 11.8 Å². The molecule has 8 heteroatoms. The molecule has 1 spiro atoms. The Hall–Kier alpha value is -2.06. The minimum Gasteiger partial charge on any atom is -0.396 e. The standard InChI is InChI=1S/C27H39N3O4S/c1-3-13-28-24(32)21-20-16-18(2)27(35-20)22(21)26(34)30(14-9-4-5-10-15-31)23(27)25(33)29-17-19-11-7-6-8-12-19/h6-8,11-12,18,20-23,31H,3-5,9-10,13-17H2,1-2H3,(H,28,32)(H,29,33)/t18?,20-,21+,22+,23?,27?/m1/s1. The number of amides is 3.